The van der Waals surface area contributed by atoms with E-state index in [9.17, 15) is 0 Å². The standard InChI is InChI=1S/C18H25N3/c1-3-16(4-2)21-12-10-15(20-21)13-18(19)11-9-14-7-5-6-8-17(14)18/h5-8,10,12,16H,3-4,9,11,13,19H2,1-2H3. The number of rotatable bonds is 5. The Balaban J connectivity index is 1.81. The molecular weight excluding hydrogens is 258 g/mol. The van der Waals surface area contributed by atoms with Crippen LogP contribution in [0, 0.1) is 0 Å². The average Bonchev–Trinajstić information content (AvgIpc) is 3.07. The molecule has 2 N–H and O–H groups in total. The molecule has 1 heterocycles. The van der Waals surface area contributed by atoms with Gasteiger partial charge < -0.3 is 5.73 Å². The molecule has 0 bridgehead atoms. The Morgan fingerprint density at radius 2 is 2.00 bits per heavy atom. The van der Waals surface area contributed by atoms with Crippen molar-refractivity contribution in [3.05, 3.63) is 53.3 Å². The number of nitrogens with zero attached hydrogens (tertiary/aromatic N) is 2. The van der Waals surface area contributed by atoms with E-state index in [4.69, 9.17) is 10.8 Å². The average molecular weight is 283 g/mol. The van der Waals surface area contributed by atoms with Crippen LogP contribution < -0.4 is 5.73 Å². The van der Waals surface area contributed by atoms with Crippen LogP contribution in [0.4, 0.5) is 0 Å². The summed E-state index contributed by atoms with van der Waals surface area (Å²) in [5.41, 5.74) is 10.3. The number of fused-ring (bicyclic) bond motifs is 1. The van der Waals surface area contributed by atoms with E-state index in [1.807, 2.05) is 0 Å². The topological polar surface area (TPSA) is 43.8 Å². The first-order chi connectivity index (χ1) is 10.2. The van der Waals surface area contributed by atoms with E-state index in [0.717, 1.165) is 37.8 Å². The fourth-order valence-corrected chi connectivity index (χ4v) is 3.56. The third-order valence-corrected chi connectivity index (χ3v) is 4.87. The molecule has 3 rings (SSSR count). The number of aryl methyl sites for hydroxylation is 1. The second kappa shape index (κ2) is 5.64. The number of benzene rings is 1. The van der Waals surface area contributed by atoms with Crippen LogP contribution in [0.1, 0.15) is 56.0 Å². The summed E-state index contributed by atoms with van der Waals surface area (Å²) in [7, 11) is 0. The third kappa shape index (κ3) is 2.62. The molecule has 1 aliphatic rings. The van der Waals surface area contributed by atoms with Crippen molar-refractivity contribution in [1.82, 2.24) is 9.78 Å². The van der Waals surface area contributed by atoms with Gasteiger partial charge >= 0.3 is 0 Å². The van der Waals surface area contributed by atoms with Gasteiger partial charge in [0.1, 0.15) is 0 Å². The molecule has 21 heavy (non-hydrogen) atoms. The molecule has 0 saturated heterocycles. The van der Waals surface area contributed by atoms with E-state index in [1.165, 1.54) is 11.1 Å². The maximum Gasteiger partial charge on any atom is 0.0646 e. The maximum atomic E-state index is 6.70. The van der Waals surface area contributed by atoms with Crippen molar-refractivity contribution < 1.29 is 0 Å². The lowest BCUT2D eigenvalue weighted by molar-refractivity contribution is 0.406. The van der Waals surface area contributed by atoms with E-state index < -0.39 is 0 Å². The Bertz CT molecular complexity index is 612. The zero-order chi connectivity index (χ0) is 14.9. The molecule has 2 aromatic rings. The highest BCUT2D eigenvalue weighted by molar-refractivity contribution is 5.39. The lowest BCUT2D eigenvalue weighted by atomic mass is 9.88. The van der Waals surface area contributed by atoms with Crippen LogP contribution in [-0.4, -0.2) is 9.78 Å². The smallest absolute Gasteiger partial charge is 0.0646 e. The molecule has 3 heteroatoms. The zero-order valence-electron chi connectivity index (χ0n) is 13.0. The van der Waals surface area contributed by atoms with Crippen LogP contribution in [0.3, 0.4) is 0 Å². The Labute approximate surface area is 127 Å². The second-order valence-electron chi connectivity index (χ2n) is 6.25. The molecule has 0 saturated carbocycles. The summed E-state index contributed by atoms with van der Waals surface area (Å²) in [5.74, 6) is 0. The minimum Gasteiger partial charge on any atom is -0.321 e. The van der Waals surface area contributed by atoms with Crippen LogP contribution in [0.25, 0.3) is 0 Å². The van der Waals surface area contributed by atoms with Crippen LogP contribution in [-0.2, 0) is 18.4 Å². The van der Waals surface area contributed by atoms with E-state index in [0.29, 0.717) is 6.04 Å². The Hall–Kier alpha value is -1.61. The van der Waals surface area contributed by atoms with Crippen molar-refractivity contribution in [3.8, 4) is 0 Å². The summed E-state index contributed by atoms with van der Waals surface area (Å²) >= 11 is 0. The van der Waals surface area contributed by atoms with Crippen LogP contribution in [0.2, 0.25) is 0 Å². The largest absolute Gasteiger partial charge is 0.321 e. The number of hydrogen-bond acceptors (Lipinski definition) is 2. The van der Waals surface area contributed by atoms with E-state index in [2.05, 4.69) is 55.1 Å². The first-order valence-corrected chi connectivity index (χ1v) is 8.07. The zero-order valence-corrected chi connectivity index (χ0v) is 13.0. The van der Waals surface area contributed by atoms with Crippen molar-refractivity contribution in [3.63, 3.8) is 0 Å². The van der Waals surface area contributed by atoms with Gasteiger partial charge in [-0.2, -0.15) is 5.10 Å². The summed E-state index contributed by atoms with van der Waals surface area (Å²) in [6.07, 6.45) is 7.28. The first-order valence-electron chi connectivity index (χ1n) is 8.07. The van der Waals surface area contributed by atoms with Gasteiger partial charge in [-0.3, -0.25) is 4.68 Å². The molecule has 0 amide bonds. The highest BCUT2D eigenvalue weighted by Gasteiger charge is 2.35. The van der Waals surface area contributed by atoms with Crippen molar-refractivity contribution in [2.45, 2.75) is 57.5 Å². The third-order valence-electron chi connectivity index (χ3n) is 4.87. The van der Waals surface area contributed by atoms with Crippen molar-refractivity contribution in [1.29, 1.82) is 0 Å². The molecule has 1 aliphatic carbocycles. The molecule has 1 aromatic heterocycles. The van der Waals surface area contributed by atoms with Crippen LogP contribution in [0.5, 0.6) is 0 Å². The van der Waals surface area contributed by atoms with Gasteiger partial charge in [-0.05, 0) is 42.9 Å². The summed E-state index contributed by atoms with van der Waals surface area (Å²) in [6, 6.07) is 11.2. The summed E-state index contributed by atoms with van der Waals surface area (Å²) in [4.78, 5) is 0. The van der Waals surface area contributed by atoms with E-state index >= 15 is 0 Å². The predicted octanol–water partition coefficient (Wildman–Crippen LogP) is 3.59. The molecule has 1 aromatic carbocycles. The number of nitrogens with two attached hydrogens (primary N) is 1. The second-order valence-corrected chi connectivity index (χ2v) is 6.25. The fourth-order valence-electron chi connectivity index (χ4n) is 3.56. The molecule has 0 spiro atoms. The molecule has 0 fully saturated rings. The molecule has 3 nitrogen and oxygen atoms in total. The number of hydrogen-bond donors (Lipinski definition) is 1. The maximum absolute atomic E-state index is 6.70. The molecule has 1 atom stereocenters. The highest BCUT2D eigenvalue weighted by Crippen LogP contribution is 2.37. The van der Waals surface area contributed by atoms with Crippen LogP contribution >= 0.6 is 0 Å². The SMILES string of the molecule is CCC(CC)n1ccc(CC2(N)CCc3ccccc32)n1. The van der Waals surface area contributed by atoms with Gasteiger partial charge in [0.25, 0.3) is 0 Å². The van der Waals surface area contributed by atoms with Crippen molar-refractivity contribution >= 4 is 0 Å². The van der Waals surface area contributed by atoms with Gasteiger partial charge in [-0.15, -0.1) is 0 Å². The van der Waals surface area contributed by atoms with Crippen LogP contribution in [0.15, 0.2) is 36.5 Å². The Morgan fingerprint density at radius 3 is 2.76 bits per heavy atom. The van der Waals surface area contributed by atoms with E-state index in [-0.39, 0.29) is 5.54 Å². The van der Waals surface area contributed by atoms with Gasteiger partial charge in [0.2, 0.25) is 0 Å². The monoisotopic (exact) mass is 283 g/mol. The molecule has 1 unspecified atom stereocenters. The van der Waals surface area contributed by atoms with Gasteiger partial charge in [0, 0.05) is 18.2 Å². The van der Waals surface area contributed by atoms with Crippen molar-refractivity contribution in [2.24, 2.45) is 5.73 Å². The van der Waals surface area contributed by atoms with Gasteiger partial charge in [0.05, 0.1) is 11.7 Å². The van der Waals surface area contributed by atoms with Gasteiger partial charge in [-0.1, -0.05) is 38.1 Å². The molecule has 112 valence electrons. The Morgan fingerprint density at radius 1 is 1.24 bits per heavy atom. The normalized spacial score (nSPS) is 21.0. The molecular formula is C18H25N3. The van der Waals surface area contributed by atoms with Gasteiger partial charge in [0.15, 0.2) is 0 Å². The minimum absolute atomic E-state index is 0.246. The lowest BCUT2D eigenvalue weighted by Gasteiger charge is -2.24. The van der Waals surface area contributed by atoms with E-state index in [1.54, 1.807) is 0 Å². The predicted molar refractivity (Wildman–Crippen MR) is 86.2 cm³/mol. The minimum atomic E-state index is -0.246. The number of aromatic nitrogens is 2. The fraction of sp³-hybridized carbons (Fsp3) is 0.500. The summed E-state index contributed by atoms with van der Waals surface area (Å²) in [5, 5.41) is 4.77. The molecule has 0 aliphatic heterocycles. The summed E-state index contributed by atoms with van der Waals surface area (Å²) < 4.78 is 2.11. The molecule has 0 radical (unpaired) electrons. The van der Waals surface area contributed by atoms with Gasteiger partial charge in [-0.25, -0.2) is 0 Å². The quantitative estimate of drug-likeness (QED) is 0.911. The lowest BCUT2D eigenvalue weighted by Crippen LogP contribution is -2.36. The Kier molecular flexibility index (Phi) is 3.85. The summed E-state index contributed by atoms with van der Waals surface area (Å²) in [6.45, 7) is 4.43. The first kappa shape index (κ1) is 14.3. The highest BCUT2D eigenvalue weighted by atomic mass is 15.3. The van der Waals surface area contributed by atoms with Crippen molar-refractivity contribution in [2.75, 3.05) is 0 Å².